The van der Waals surface area contributed by atoms with E-state index in [-0.39, 0.29) is 5.41 Å². The van der Waals surface area contributed by atoms with Crippen LogP contribution in [0, 0.1) is 0 Å². The second-order valence-corrected chi connectivity index (χ2v) is 7.30. The minimum atomic E-state index is 0.0618. The molecule has 3 nitrogen and oxygen atoms in total. The number of anilines is 1. The number of hydrogen-bond acceptors (Lipinski definition) is 2. The van der Waals surface area contributed by atoms with Gasteiger partial charge in [-0.25, -0.2) is 4.98 Å². The molecule has 0 saturated heterocycles. The Morgan fingerprint density at radius 2 is 1.75 bits per heavy atom. The van der Waals surface area contributed by atoms with Gasteiger partial charge in [-0.15, -0.1) is 0 Å². The van der Waals surface area contributed by atoms with Crippen LogP contribution in [0.15, 0.2) is 0 Å². The van der Waals surface area contributed by atoms with E-state index in [2.05, 4.69) is 32.3 Å². The van der Waals surface area contributed by atoms with Crippen LogP contribution in [0.1, 0.15) is 90.1 Å². The number of nitrogens with zero attached hydrogens (tertiary/aromatic N) is 2. The van der Waals surface area contributed by atoms with Crippen molar-refractivity contribution in [1.82, 2.24) is 9.55 Å². The first-order chi connectivity index (χ1) is 9.45. The summed E-state index contributed by atoms with van der Waals surface area (Å²) in [6, 6.07) is 0. The van der Waals surface area contributed by atoms with Gasteiger partial charge in [0.1, 0.15) is 11.6 Å². The Morgan fingerprint density at radius 3 is 2.25 bits per heavy atom. The van der Waals surface area contributed by atoms with Crippen molar-refractivity contribution < 1.29 is 0 Å². The maximum atomic E-state index is 6.47. The first kappa shape index (κ1) is 15.4. The highest BCUT2D eigenvalue weighted by molar-refractivity contribution is 5.42. The van der Waals surface area contributed by atoms with E-state index < -0.39 is 0 Å². The van der Waals surface area contributed by atoms with Gasteiger partial charge in [-0.3, -0.25) is 0 Å². The third kappa shape index (κ3) is 3.18. The summed E-state index contributed by atoms with van der Waals surface area (Å²) in [5.41, 5.74) is 7.72. The molecule has 20 heavy (non-hydrogen) atoms. The quantitative estimate of drug-likeness (QED) is 0.820. The Balaban J connectivity index is 2.38. The number of nitrogen functional groups attached to an aromatic ring is 1. The minimum Gasteiger partial charge on any atom is -0.384 e. The number of hydrogen-bond donors (Lipinski definition) is 1. The maximum Gasteiger partial charge on any atom is 0.127 e. The summed E-state index contributed by atoms with van der Waals surface area (Å²) in [5.74, 6) is 2.68. The van der Waals surface area contributed by atoms with Crippen molar-refractivity contribution in [3.05, 3.63) is 11.5 Å². The lowest BCUT2D eigenvalue weighted by molar-refractivity contribution is 0.496. The van der Waals surface area contributed by atoms with Gasteiger partial charge in [0.2, 0.25) is 0 Å². The monoisotopic (exact) mass is 277 g/mol. The van der Waals surface area contributed by atoms with Crippen LogP contribution in [-0.2, 0) is 12.0 Å². The number of imidazole rings is 1. The first-order valence-electron chi connectivity index (χ1n) is 8.31. The average Bonchev–Trinajstić information content (AvgIpc) is 2.57. The van der Waals surface area contributed by atoms with E-state index in [4.69, 9.17) is 10.7 Å². The molecule has 114 valence electrons. The molecule has 0 aliphatic heterocycles. The molecule has 0 radical (unpaired) electrons. The highest BCUT2D eigenvalue weighted by Gasteiger charge is 2.28. The lowest BCUT2D eigenvalue weighted by Crippen LogP contribution is -2.19. The average molecular weight is 277 g/mol. The summed E-state index contributed by atoms with van der Waals surface area (Å²) in [6.45, 7) is 9.89. The third-order valence-corrected chi connectivity index (χ3v) is 4.40. The molecule has 1 fully saturated rings. The molecule has 2 rings (SSSR count). The van der Waals surface area contributed by atoms with Crippen LogP contribution in [-0.4, -0.2) is 9.55 Å². The third-order valence-electron chi connectivity index (χ3n) is 4.40. The molecule has 3 heteroatoms. The highest BCUT2D eigenvalue weighted by atomic mass is 15.2. The van der Waals surface area contributed by atoms with Gasteiger partial charge in [0, 0.05) is 17.9 Å². The molecule has 0 unspecified atom stereocenters. The Morgan fingerprint density at radius 1 is 1.15 bits per heavy atom. The fourth-order valence-electron chi connectivity index (χ4n) is 3.36. The smallest absolute Gasteiger partial charge is 0.127 e. The van der Waals surface area contributed by atoms with E-state index in [1.807, 2.05) is 0 Å². The van der Waals surface area contributed by atoms with E-state index >= 15 is 0 Å². The van der Waals surface area contributed by atoms with E-state index in [1.54, 1.807) is 0 Å². The van der Waals surface area contributed by atoms with Gasteiger partial charge in [0.15, 0.2) is 0 Å². The molecule has 1 aromatic rings. The van der Waals surface area contributed by atoms with E-state index in [0.717, 1.165) is 24.6 Å². The summed E-state index contributed by atoms with van der Waals surface area (Å²) < 4.78 is 2.26. The number of nitrogens with two attached hydrogens (primary N) is 1. The molecule has 0 spiro atoms. The van der Waals surface area contributed by atoms with Gasteiger partial charge in [-0.2, -0.15) is 0 Å². The SMILES string of the molecule is CCCn1c(C(C)(C)C)nc(C2CCCCCC2)c1N. The summed E-state index contributed by atoms with van der Waals surface area (Å²) in [5, 5.41) is 0. The Kier molecular flexibility index (Phi) is 4.77. The van der Waals surface area contributed by atoms with Crippen molar-refractivity contribution in [1.29, 1.82) is 0 Å². The molecule has 1 aliphatic carbocycles. The fraction of sp³-hybridized carbons (Fsp3) is 0.824. The predicted octanol–water partition coefficient (Wildman–Crippen LogP) is 4.61. The van der Waals surface area contributed by atoms with Crippen molar-refractivity contribution in [2.75, 3.05) is 5.73 Å². The van der Waals surface area contributed by atoms with Crippen LogP contribution in [0.4, 0.5) is 5.82 Å². The zero-order chi connectivity index (χ0) is 14.8. The summed E-state index contributed by atoms with van der Waals surface area (Å²) in [7, 11) is 0. The zero-order valence-corrected chi connectivity index (χ0v) is 13.7. The van der Waals surface area contributed by atoms with Crippen LogP contribution < -0.4 is 5.73 Å². The normalized spacial score (nSPS) is 18.2. The highest BCUT2D eigenvalue weighted by Crippen LogP contribution is 2.36. The van der Waals surface area contributed by atoms with E-state index in [1.165, 1.54) is 44.2 Å². The lowest BCUT2D eigenvalue weighted by atomic mass is 9.95. The first-order valence-corrected chi connectivity index (χ1v) is 8.31. The molecule has 0 bridgehead atoms. The Hall–Kier alpha value is -0.990. The topological polar surface area (TPSA) is 43.8 Å². The molecular formula is C17H31N3. The lowest BCUT2D eigenvalue weighted by Gasteiger charge is -2.19. The predicted molar refractivity (Wildman–Crippen MR) is 86.1 cm³/mol. The van der Waals surface area contributed by atoms with Crippen molar-refractivity contribution >= 4 is 5.82 Å². The van der Waals surface area contributed by atoms with Crippen LogP contribution in [0.5, 0.6) is 0 Å². The number of rotatable bonds is 3. The molecule has 0 amide bonds. The zero-order valence-electron chi connectivity index (χ0n) is 13.7. The Labute approximate surface area is 124 Å². The second-order valence-electron chi connectivity index (χ2n) is 7.30. The fourth-order valence-corrected chi connectivity index (χ4v) is 3.36. The largest absolute Gasteiger partial charge is 0.384 e. The van der Waals surface area contributed by atoms with Gasteiger partial charge >= 0.3 is 0 Å². The molecule has 2 N–H and O–H groups in total. The second kappa shape index (κ2) is 6.19. The standard InChI is InChI=1S/C17H31N3/c1-5-12-20-15(18)14(19-16(20)17(2,3)4)13-10-8-6-7-9-11-13/h13H,5-12,18H2,1-4H3. The van der Waals surface area contributed by atoms with Gasteiger partial charge < -0.3 is 10.3 Å². The van der Waals surface area contributed by atoms with Gasteiger partial charge in [-0.1, -0.05) is 53.4 Å². The van der Waals surface area contributed by atoms with Crippen LogP contribution in [0.2, 0.25) is 0 Å². The maximum absolute atomic E-state index is 6.47. The molecule has 1 aromatic heterocycles. The molecule has 0 aromatic carbocycles. The molecule has 1 heterocycles. The van der Waals surface area contributed by atoms with Crippen LogP contribution >= 0.6 is 0 Å². The minimum absolute atomic E-state index is 0.0618. The van der Waals surface area contributed by atoms with Gasteiger partial charge in [0.25, 0.3) is 0 Å². The van der Waals surface area contributed by atoms with Crippen LogP contribution in [0.25, 0.3) is 0 Å². The van der Waals surface area contributed by atoms with E-state index in [9.17, 15) is 0 Å². The number of aromatic nitrogens is 2. The summed E-state index contributed by atoms with van der Waals surface area (Å²) in [4.78, 5) is 5.00. The van der Waals surface area contributed by atoms with Gasteiger partial charge in [0.05, 0.1) is 5.69 Å². The van der Waals surface area contributed by atoms with Crippen molar-refractivity contribution in [2.24, 2.45) is 0 Å². The Bertz CT molecular complexity index is 432. The molecular weight excluding hydrogens is 246 g/mol. The van der Waals surface area contributed by atoms with E-state index in [0.29, 0.717) is 5.92 Å². The van der Waals surface area contributed by atoms with Crippen molar-refractivity contribution in [2.45, 2.75) is 90.5 Å². The molecule has 0 atom stereocenters. The summed E-state index contributed by atoms with van der Waals surface area (Å²) >= 11 is 0. The molecule has 1 saturated carbocycles. The van der Waals surface area contributed by atoms with Crippen molar-refractivity contribution in [3.8, 4) is 0 Å². The van der Waals surface area contributed by atoms with Crippen molar-refractivity contribution in [3.63, 3.8) is 0 Å². The van der Waals surface area contributed by atoms with Crippen LogP contribution in [0.3, 0.4) is 0 Å². The summed E-state index contributed by atoms with van der Waals surface area (Å²) in [6.07, 6.45) is 9.03. The van der Waals surface area contributed by atoms with Gasteiger partial charge in [-0.05, 0) is 19.3 Å². The molecule has 1 aliphatic rings.